The highest BCUT2D eigenvalue weighted by Crippen LogP contribution is 2.37. The van der Waals surface area contributed by atoms with Gasteiger partial charge in [-0.2, -0.15) is 0 Å². The van der Waals surface area contributed by atoms with Crippen molar-refractivity contribution in [3.8, 4) is 0 Å². The van der Waals surface area contributed by atoms with Crippen LogP contribution in [0.3, 0.4) is 0 Å². The Balaban J connectivity index is 2.12. The van der Waals surface area contributed by atoms with E-state index in [-0.39, 0.29) is 0 Å². The van der Waals surface area contributed by atoms with E-state index in [1.165, 1.54) is 35.4 Å². The van der Waals surface area contributed by atoms with Crippen LogP contribution in [0.1, 0.15) is 41.5 Å². The highest BCUT2D eigenvalue weighted by atomic mass is 32.1. The molecule has 0 amide bonds. The summed E-state index contributed by atoms with van der Waals surface area (Å²) in [4.78, 5) is 2.77. The molecule has 0 radical (unpaired) electrons. The molecular formula is C11H18N2S. The zero-order valence-corrected chi connectivity index (χ0v) is 9.44. The summed E-state index contributed by atoms with van der Waals surface area (Å²) in [5, 5.41) is 0. The van der Waals surface area contributed by atoms with Gasteiger partial charge in [-0.1, -0.05) is 12.8 Å². The van der Waals surface area contributed by atoms with Crippen LogP contribution in [0, 0.1) is 12.8 Å². The Labute approximate surface area is 89.5 Å². The number of aryl methyl sites for hydroxylation is 1. The molecule has 1 saturated carbocycles. The molecule has 3 heteroatoms. The summed E-state index contributed by atoms with van der Waals surface area (Å²) in [6, 6.07) is 4.78. The average molecular weight is 210 g/mol. The molecule has 78 valence electrons. The third-order valence-corrected chi connectivity index (χ3v) is 4.20. The van der Waals surface area contributed by atoms with E-state index in [0.717, 1.165) is 5.92 Å². The third-order valence-electron chi connectivity index (χ3n) is 3.12. The van der Waals surface area contributed by atoms with Crippen LogP contribution in [0.2, 0.25) is 0 Å². The zero-order valence-electron chi connectivity index (χ0n) is 8.62. The highest BCUT2D eigenvalue weighted by Gasteiger charge is 2.26. The van der Waals surface area contributed by atoms with E-state index in [2.05, 4.69) is 24.5 Å². The van der Waals surface area contributed by atoms with Crippen LogP contribution in [0.15, 0.2) is 12.1 Å². The molecule has 1 unspecified atom stereocenters. The monoisotopic (exact) mass is 210 g/mol. The van der Waals surface area contributed by atoms with Crippen LogP contribution in [-0.4, -0.2) is 0 Å². The number of hydrogen-bond donors (Lipinski definition) is 2. The molecule has 1 fully saturated rings. The van der Waals surface area contributed by atoms with Gasteiger partial charge in [-0.15, -0.1) is 11.3 Å². The van der Waals surface area contributed by atoms with E-state index < -0.39 is 0 Å². The summed E-state index contributed by atoms with van der Waals surface area (Å²) in [7, 11) is 0. The molecule has 1 aromatic rings. The molecule has 0 aliphatic heterocycles. The number of nitrogens with two attached hydrogens (primary N) is 1. The van der Waals surface area contributed by atoms with Crippen molar-refractivity contribution < 1.29 is 0 Å². The summed E-state index contributed by atoms with van der Waals surface area (Å²) in [6.07, 6.45) is 5.39. The fourth-order valence-electron chi connectivity index (χ4n) is 2.36. The minimum atomic E-state index is 0.385. The van der Waals surface area contributed by atoms with E-state index in [9.17, 15) is 0 Å². The van der Waals surface area contributed by atoms with Gasteiger partial charge in [-0.25, -0.2) is 0 Å². The van der Waals surface area contributed by atoms with Crippen LogP contribution >= 0.6 is 11.3 Å². The summed E-state index contributed by atoms with van der Waals surface area (Å²) >= 11 is 1.86. The van der Waals surface area contributed by atoms with Gasteiger partial charge < -0.3 is 0 Å². The van der Waals surface area contributed by atoms with Gasteiger partial charge in [-0.05, 0) is 37.8 Å². The van der Waals surface area contributed by atoms with Gasteiger partial charge in [0.15, 0.2) is 0 Å². The molecule has 0 spiro atoms. The SMILES string of the molecule is Cc1ccc(C(NN)C2CCCC2)s1. The summed E-state index contributed by atoms with van der Waals surface area (Å²) < 4.78 is 0. The second-order valence-corrected chi connectivity index (χ2v) is 5.46. The third kappa shape index (κ3) is 2.00. The molecule has 1 aromatic heterocycles. The number of hydrazine groups is 1. The lowest BCUT2D eigenvalue weighted by molar-refractivity contribution is 0.378. The first-order valence-corrected chi connectivity index (χ1v) is 6.15. The van der Waals surface area contributed by atoms with E-state index in [1.54, 1.807) is 0 Å². The first kappa shape index (κ1) is 10.1. The quantitative estimate of drug-likeness (QED) is 0.594. The second-order valence-electron chi connectivity index (χ2n) is 4.14. The van der Waals surface area contributed by atoms with Crippen LogP contribution in [-0.2, 0) is 0 Å². The first-order valence-electron chi connectivity index (χ1n) is 5.33. The van der Waals surface area contributed by atoms with Gasteiger partial charge >= 0.3 is 0 Å². The lowest BCUT2D eigenvalue weighted by Gasteiger charge is -2.21. The van der Waals surface area contributed by atoms with Crippen molar-refractivity contribution in [3.05, 3.63) is 21.9 Å². The van der Waals surface area contributed by atoms with Crippen molar-refractivity contribution in [2.45, 2.75) is 38.6 Å². The molecule has 1 atom stereocenters. The Hall–Kier alpha value is -0.380. The number of thiophene rings is 1. The summed E-state index contributed by atoms with van der Waals surface area (Å²) in [5.41, 5.74) is 2.98. The maximum absolute atomic E-state index is 5.65. The predicted octanol–water partition coefficient (Wildman–Crippen LogP) is 2.75. The van der Waals surface area contributed by atoms with Crippen molar-refractivity contribution in [2.75, 3.05) is 0 Å². The lowest BCUT2D eigenvalue weighted by Crippen LogP contribution is -2.32. The summed E-state index contributed by atoms with van der Waals surface area (Å²) in [6.45, 7) is 2.15. The smallest absolute Gasteiger partial charge is 0.0581 e. The average Bonchev–Trinajstić information content (AvgIpc) is 2.79. The molecule has 1 aliphatic rings. The van der Waals surface area contributed by atoms with Gasteiger partial charge in [0, 0.05) is 9.75 Å². The minimum absolute atomic E-state index is 0.385. The molecule has 2 rings (SSSR count). The minimum Gasteiger partial charge on any atom is -0.271 e. The van der Waals surface area contributed by atoms with E-state index >= 15 is 0 Å². The standard InChI is InChI=1S/C11H18N2S/c1-8-6-7-10(14-8)11(13-12)9-4-2-3-5-9/h6-7,9,11,13H,2-5,12H2,1H3. The van der Waals surface area contributed by atoms with E-state index in [1.807, 2.05) is 11.3 Å². The van der Waals surface area contributed by atoms with Crippen LogP contribution in [0.25, 0.3) is 0 Å². The second kappa shape index (κ2) is 4.43. The Morgan fingerprint density at radius 1 is 1.43 bits per heavy atom. The Morgan fingerprint density at radius 2 is 2.14 bits per heavy atom. The molecule has 0 bridgehead atoms. The predicted molar refractivity (Wildman–Crippen MR) is 61.1 cm³/mol. The topological polar surface area (TPSA) is 38.0 Å². The van der Waals surface area contributed by atoms with Gasteiger partial charge in [0.2, 0.25) is 0 Å². The van der Waals surface area contributed by atoms with Crippen molar-refractivity contribution >= 4 is 11.3 Å². The Morgan fingerprint density at radius 3 is 2.64 bits per heavy atom. The molecule has 0 saturated heterocycles. The normalized spacial score (nSPS) is 20.1. The number of hydrogen-bond acceptors (Lipinski definition) is 3. The number of nitrogens with one attached hydrogen (secondary N) is 1. The molecule has 2 nitrogen and oxygen atoms in total. The first-order chi connectivity index (χ1) is 6.81. The van der Waals surface area contributed by atoms with Gasteiger partial charge in [-0.3, -0.25) is 11.3 Å². The van der Waals surface area contributed by atoms with E-state index in [0.29, 0.717) is 6.04 Å². The zero-order chi connectivity index (χ0) is 9.97. The molecule has 14 heavy (non-hydrogen) atoms. The highest BCUT2D eigenvalue weighted by molar-refractivity contribution is 7.12. The van der Waals surface area contributed by atoms with Crippen LogP contribution < -0.4 is 11.3 Å². The van der Waals surface area contributed by atoms with Crippen molar-refractivity contribution in [3.63, 3.8) is 0 Å². The fourth-order valence-corrected chi connectivity index (χ4v) is 3.39. The van der Waals surface area contributed by atoms with E-state index in [4.69, 9.17) is 5.84 Å². The summed E-state index contributed by atoms with van der Waals surface area (Å²) in [5.74, 6) is 6.40. The largest absolute Gasteiger partial charge is 0.271 e. The molecule has 1 heterocycles. The fraction of sp³-hybridized carbons (Fsp3) is 0.636. The van der Waals surface area contributed by atoms with Crippen LogP contribution in [0.4, 0.5) is 0 Å². The Bertz CT molecular complexity index is 289. The molecule has 0 aromatic carbocycles. The Kier molecular flexibility index (Phi) is 3.21. The molecule has 1 aliphatic carbocycles. The van der Waals surface area contributed by atoms with Gasteiger partial charge in [0.25, 0.3) is 0 Å². The van der Waals surface area contributed by atoms with Gasteiger partial charge in [0.1, 0.15) is 0 Å². The maximum Gasteiger partial charge on any atom is 0.0581 e. The van der Waals surface area contributed by atoms with Crippen molar-refractivity contribution in [1.29, 1.82) is 0 Å². The van der Waals surface area contributed by atoms with Crippen molar-refractivity contribution in [1.82, 2.24) is 5.43 Å². The van der Waals surface area contributed by atoms with Crippen LogP contribution in [0.5, 0.6) is 0 Å². The molecular weight excluding hydrogens is 192 g/mol. The molecule has 3 N–H and O–H groups in total. The van der Waals surface area contributed by atoms with Crippen molar-refractivity contribution in [2.24, 2.45) is 11.8 Å². The number of rotatable bonds is 3. The van der Waals surface area contributed by atoms with Gasteiger partial charge in [0.05, 0.1) is 6.04 Å². The lowest BCUT2D eigenvalue weighted by atomic mass is 9.97. The maximum atomic E-state index is 5.65.